The highest BCUT2D eigenvalue weighted by Gasteiger charge is 2.60. The zero-order valence-corrected chi connectivity index (χ0v) is 21.0. The fraction of sp³-hybridized carbons (Fsp3) is 0.615. The van der Waals surface area contributed by atoms with E-state index in [4.69, 9.17) is 23.2 Å². The van der Waals surface area contributed by atoms with Gasteiger partial charge in [0.15, 0.2) is 0 Å². The largest absolute Gasteiger partial charge is 0.338 e. The monoisotopic (exact) mass is 489 g/mol. The topological polar surface area (TPSA) is 61.4 Å². The second-order valence-electron chi connectivity index (χ2n) is 11.0. The fourth-order valence-electron chi connectivity index (χ4n) is 7.87. The molecule has 1 heterocycles. The van der Waals surface area contributed by atoms with Crippen LogP contribution in [0.4, 0.5) is 10.5 Å². The molecule has 178 valence electrons. The Hall–Kier alpha value is -1.72. The zero-order chi connectivity index (χ0) is 23.5. The van der Waals surface area contributed by atoms with E-state index in [-0.39, 0.29) is 28.8 Å². The van der Waals surface area contributed by atoms with Crippen molar-refractivity contribution in [2.24, 2.45) is 28.6 Å². The molecule has 7 atom stereocenters. The average molecular weight is 490 g/mol. The first-order valence-corrected chi connectivity index (χ1v) is 12.9. The summed E-state index contributed by atoms with van der Waals surface area (Å²) in [5.74, 6) is 1.96. The second kappa shape index (κ2) is 8.20. The van der Waals surface area contributed by atoms with Gasteiger partial charge in [-0.1, -0.05) is 43.1 Å². The molecule has 1 aromatic rings. The molecule has 1 aliphatic heterocycles. The lowest BCUT2D eigenvalue weighted by Crippen LogP contribution is -2.60. The molecule has 7 heteroatoms. The number of rotatable bonds is 2. The molecule has 5 nitrogen and oxygen atoms in total. The summed E-state index contributed by atoms with van der Waals surface area (Å²) in [6, 6.07) is 5.39. The predicted molar refractivity (Wildman–Crippen MR) is 132 cm³/mol. The summed E-state index contributed by atoms with van der Waals surface area (Å²) in [7, 11) is 1.96. The van der Waals surface area contributed by atoms with Gasteiger partial charge in [0, 0.05) is 30.2 Å². The molecule has 3 fully saturated rings. The average Bonchev–Trinajstić information content (AvgIpc) is 3.10. The molecule has 2 N–H and O–H groups in total. The van der Waals surface area contributed by atoms with Crippen LogP contribution in [0.5, 0.6) is 0 Å². The molecule has 3 amide bonds. The van der Waals surface area contributed by atoms with Crippen molar-refractivity contribution in [1.82, 2.24) is 10.2 Å². The van der Waals surface area contributed by atoms with E-state index < -0.39 is 0 Å². The molecule has 0 spiro atoms. The molecule has 3 aliphatic carbocycles. The Labute approximate surface area is 206 Å². The van der Waals surface area contributed by atoms with Crippen molar-refractivity contribution >= 4 is 40.8 Å². The van der Waals surface area contributed by atoms with E-state index in [1.807, 2.05) is 11.9 Å². The van der Waals surface area contributed by atoms with Gasteiger partial charge in [-0.3, -0.25) is 4.79 Å². The summed E-state index contributed by atoms with van der Waals surface area (Å²) in [4.78, 5) is 27.1. The van der Waals surface area contributed by atoms with Gasteiger partial charge in [-0.15, -0.1) is 0 Å². The van der Waals surface area contributed by atoms with Crippen LogP contribution in [0.15, 0.2) is 30.4 Å². The van der Waals surface area contributed by atoms with E-state index in [2.05, 4.69) is 30.6 Å². The second-order valence-corrected chi connectivity index (χ2v) is 11.8. The van der Waals surface area contributed by atoms with Crippen LogP contribution < -0.4 is 10.6 Å². The number of hydrogen-bond acceptors (Lipinski definition) is 2. The lowest BCUT2D eigenvalue weighted by Gasteiger charge is -2.60. The van der Waals surface area contributed by atoms with Crippen molar-refractivity contribution in [3.63, 3.8) is 0 Å². The Kier molecular flexibility index (Phi) is 5.72. The third kappa shape index (κ3) is 3.67. The molecule has 0 saturated heterocycles. The van der Waals surface area contributed by atoms with E-state index in [1.54, 1.807) is 24.3 Å². The smallest absolute Gasteiger partial charge is 0.319 e. The van der Waals surface area contributed by atoms with Crippen LogP contribution >= 0.6 is 23.2 Å². The van der Waals surface area contributed by atoms with Gasteiger partial charge in [-0.05, 0) is 86.0 Å². The Morgan fingerprint density at radius 2 is 1.85 bits per heavy atom. The van der Waals surface area contributed by atoms with Crippen LogP contribution in [0, 0.1) is 28.6 Å². The van der Waals surface area contributed by atoms with Crippen molar-refractivity contribution in [3.8, 4) is 0 Å². The predicted octanol–water partition coefficient (Wildman–Crippen LogP) is 6.12. The maximum absolute atomic E-state index is 12.8. The molecule has 2 unspecified atom stereocenters. The van der Waals surface area contributed by atoms with Gasteiger partial charge in [0.1, 0.15) is 0 Å². The molecule has 0 aromatic heterocycles. The number of likely N-dealkylation sites (N-methyl/N-ethyl adjacent to an activating group) is 1. The van der Waals surface area contributed by atoms with Crippen molar-refractivity contribution < 1.29 is 9.59 Å². The molecular weight excluding hydrogens is 457 g/mol. The maximum atomic E-state index is 12.8. The number of nitrogens with zero attached hydrogens (tertiary/aromatic N) is 1. The third-order valence-corrected chi connectivity index (χ3v) is 10.3. The van der Waals surface area contributed by atoms with Gasteiger partial charge in [0.05, 0.1) is 10.0 Å². The van der Waals surface area contributed by atoms with E-state index in [0.29, 0.717) is 39.5 Å². The van der Waals surface area contributed by atoms with E-state index in [9.17, 15) is 9.59 Å². The van der Waals surface area contributed by atoms with Crippen LogP contribution in [0.2, 0.25) is 10.0 Å². The van der Waals surface area contributed by atoms with Gasteiger partial charge in [-0.2, -0.15) is 0 Å². The molecule has 3 saturated carbocycles. The van der Waals surface area contributed by atoms with Crippen LogP contribution in [0.25, 0.3) is 0 Å². The lowest BCUT2D eigenvalue weighted by molar-refractivity contribution is -0.138. The highest BCUT2D eigenvalue weighted by atomic mass is 35.5. The van der Waals surface area contributed by atoms with Crippen molar-refractivity contribution in [2.75, 3.05) is 12.4 Å². The first-order valence-electron chi connectivity index (χ1n) is 12.1. The Balaban J connectivity index is 1.30. The number of benzene rings is 1. The summed E-state index contributed by atoms with van der Waals surface area (Å²) in [5, 5.41) is 7.10. The number of fused-ring (bicyclic) bond motifs is 5. The number of halogens is 2. The van der Waals surface area contributed by atoms with Crippen LogP contribution in [-0.4, -0.2) is 36.0 Å². The van der Waals surface area contributed by atoms with Crippen LogP contribution in [-0.2, 0) is 4.79 Å². The minimum atomic E-state index is -0.187. The zero-order valence-electron chi connectivity index (χ0n) is 19.5. The molecule has 33 heavy (non-hydrogen) atoms. The number of hydrogen-bond donors (Lipinski definition) is 2. The van der Waals surface area contributed by atoms with E-state index in [0.717, 1.165) is 32.1 Å². The Morgan fingerprint density at radius 1 is 1.06 bits per heavy atom. The van der Waals surface area contributed by atoms with Crippen LogP contribution in [0.1, 0.15) is 52.4 Å². The van der Waals surface area contributed by atoms with Gasteiger partial charge >= 0.3 is 6.03 Å². The number of carbonyl (C=O) groups is 2. The van der Waals surface area contributed by atoms with E-state index in [1.165, 1.54) is 6.42 Å². The molecule has 5 rings (SSSR count). The van der Waals surface area contributed by atoms with Gasteiger partial charge < -0.3 is 15.5 Å². The number of anilines is 1. The first-order chi connectivity index (χ1) is 15.6. The maximum Gasteiger partial charge on any atom is 0.319 e. The normalized spacial score (nSPS) is 39.5. The fourth-order valence-corrected chi connectivity index (χ4v) is 8.17. The lowest BCUT2D eigenvalue weighted by atomic mass is 9.48. The Morgan fingerprint density at radius 3 is 2.61 bits per heavy atom. The quantitative estimate of drug-likeness (QED) is 0.525. The molecular formula is C26H33Cl2N3O2. The summed E-state index contributed by atoms with van der Waals surface area (Å²) < 4.78 is 0. The standard InChI is InChI=1S/C26H33Cl2N3O2/c1-25-12-10-18-16(5-9-22-26(18,2)13-11-23(32)31(22)3)17(25)6-8-21(25)30-24(33)29-15-4-7-19(27)20(28)14-15/h4,7,11,13-14,16-18,21-22H,5-6,8-10,12H2,1-3H3,(H2,29,30,33)/t16-,17-,18+,21?,22?,25-,26+/m0/s1. The van der Waals surface area contributed by atoms with Gasteiger partial charge in [0.25, 0.3) is 0 Å². The summed E-state index contributed by atoms with van der Waals surface area (Å²) in [6.07, 6.45) is 10.6. The van der Waals surface area contributed by atoms with Crippen molar-refractivity contribution in [3.05, 3.63) is 40.4 Å². The summed E-state index contributed by atoms with van der Waals surface area (Å²) in [5.41, 5.74) is 0.780. The van der Waals surface area contributed by atoms with Gasteiger partial charge in [-0.25, -0.2) is 4.79 Å². The number of nitrogens with one attached hydrogen (secondary N) is 2. The minimum absolute atomic E-state index is 0.0453. The van der Waals surface area contributed by atoms with Crippen molar-refractivity contribution in [1.29, 1.82) is 0 Å². The third-order valence-electron chi connectivity index (χ3n) is 9.61. The van der Waals surface area contributed by atoms with E-state index >= 15 is 0 Å². The first kappa shape index (κ1) is 23.0. The SMILES string of the molecule is CN1C(=O)C=C[C@@]2(C)C1CC[C@@H]1[C@H]2CC[C@]2(C)C(NC(=O)Nc3ccc(Cl)c(Cl)c3)CC[C@@H]12. The number of urea groups is 1. The molecule has 0 bridgehead atoms. The Bertz CT molecular complexity index is 1010. The van der Waals surface area contributed by atoms with Crippen LogP contribution in [0.3, 0.4) is 0 Å². The van der Waals surface area contributed by atoms with Crippen molar-refractivity contribution in [2.45, 2.75) is 64.5 Å². The van der Waals surface area contributed by atoms with Gasteiger partial charge in [0.2, 0.25) is 5.91 Å². The summed E-state index contributed by atoms with van der Waals surface area (Å²) in [6.45, 7) is 4.75. The molecule has 4 aliphatic rings. The highest BCUT2D eigenvalue weighted by Crippen LogP contribution is 2.63. The summed E-state index contributed by atoms with van der Waals surface area (Å²) >= 11 is 12.1. The minimum Gasteiger partial charge on any atom is -0.338 e. The number of carbonyl (C=O) groups excluding carboxylic acids is 2. The highest BCUT2D eigenvalue weighted by molar-refractivity contribution is 6.42. The number of amides is 3. The molecule has 1 aromatic carbocycles. The molecule has 0 radical (unpaired) electrons.